The van der Waals surface area contributed by atoms with Crippen LogP contribution in [0.5, 0.6) is 0 Å². The Labute approximate surface area is 165 Å². The first-order chi connectivity index (χ1) is 13.9. The highest BCUT2D eigenvalue weighted by molar-refractivity contribution is 5.87. The number of hydrogen-bond acceptors (Lipinski definition) is 6. The fourth-order valence-electron chi connectivity index (χ4n) is 4.31. The van der Waals surface area contributed by atoms with Crippen LogP contribution in [0.3, 0.4) is 0 Å². The number of H-pyrrole nitrogens is 1. The second-order valence-corrected chi connectivity index (χ2v) is 7.13. The SMILES string of the molecule is CCOC(=O)N1CCC[C@@H]2[C@H]1CC(OCC(F)(F)F)N2c1ncnc2[nH]ccc12. The molecule has 2 aromatic rings. The standard InChI is InChI=1S/C18H22F3N5O3/c1-2-28-17(27)25-7-3-4-12-13(25)8-14(29-9-18(19,20)21)26(12)16-11-5-6-22-15(11)23-10-24-16/h5-6,10,12-14H,2-4,7-9H2,1H3,(H,22,23,24)/t12-,13-,14?/m1/s1. The van der Waals surface area contributed by atoms with Crippen molar-refractivity contribution in [2.24, 2.45) is 0 Å². The molecule has 0 aromatic carbocycles. The maximum atomic E-state index is 12.9. The van der Waals surface area contributed by atoms with Gasteiger partial charge in [0.25, 0.3) is 0 Å². The summed E-state index contributed by atoms with van der Waals surface area (Å²) in [6.07, 6.45) is -1.03. The summed E-state index contributed by atoms with van der Waals surface area (Å²) in [4.78, 5) is 27.3. The number of amides is 1. The van der Waals surface area contributed by atoms with E-state index in [2.05, 4.69) is 15.0 Å². The Morgan fingerprint density at radius 3 is 2.93 bits per heavy atom. The first kappa shape index (κ1) is 19.7. The summed E-state index contributed by atoms with van der Waals surface area (Å²) < 4.78 is 49.0. The molecule has 2 aliphatic heterocycles. The van der Waals surface area contributed by atoms with Crippen LogP contribution in [0.1, 0.15) is 26.2 Å². The van der Waals surface area contributed by atoms with Gasteiger partial charge in [0, 0.05) is 19.2 Å². The van der Waals surface area contributed by atoms with E-state index in [1.807, 2.05) is 0 Å². The number of halogens is 3. The molecule has 158 valence electrons. The van der Waals surface area contributed by atoms with Crippen LogP contribution < -0.4 is 4.90 Å². The minimum atomic E-state index is -4.45. The average Bonchev–Trinajstić information content (AvgIpc) is 3.29. The normalized spacial score (nSPS) is 24.8. The molecule has 0 radical (unpaired) electrons. The molecule has 1 N–H and O–H groups in total. The Kier molecular flexibility index (Phi) is 5.24. The van der Waals surface area contributed by atoms with Gasteiger partial charge in [-0.05, 0) is 25.8 Å². The van der Waals surface area contributed by atoms with E-state index >= 15 is 0 Å². The Balaban J connectivity index is 1.69. The molecule has 11 heteroatoms. The Morgan fingerprint density at radius 2 is 2.17 bits per heavy atom. The first-order valence-electron chi connectivity index (χ1n) is 9.57. The molecule has 2 fully saturated rings. The number of hydrogen-bond donors (Lipinski definition) is 1. The van der Waals surface area contributed by atoms with Gasteiger partial charge in [0.2, 0.25) is 0 Å². The summed E-state index contributed by atoms with van der Waals surface area (Å²) >= 11 is 0. The molecule has 0 saturated carbocycles. The van der Waals surface area contributed by atoms with Crippen molar-refractivity contribution in [3.05, 3.63) is 18.6 Å². The van der Waals surface area contributed by atoms with Gasteiger partial charge in [0.15, 0.2) is 0 Å². The van der Waals surface area contributed by atoms with Gasteiger partial charge in [0.05, 0.1) is 24.1 Å². The first-order valence-corrected chi connectivity index (χ1v) is 9.57. The van der Waals surface area contributed by atoms with Crippen LogP contribution in [0.2, 0.25) is 0 Å². The fourth-order valence-corrected chi connectivity index (χ4v) is 4.31. The van der Waals surface area contributed by atoms with Gasteiger partial charge in [-0.25, -0.2) is 14.8 Å². The van der Waals surface area contributed by atoms with E-state index in [4.69, 9.17) is 9.47 Å². The Morgan fingerprint density at radius 1 is 1.34 bits per heavy atom. The predicted molar refractivity (Wildman–Crippen MR) is 97.3 cm³/mol. The lowest BCUT2D eigenvalue weighted by atomic mass is 9.97. The van der Waals surface area contributed by atoms with Gasteiger partial charge >= 0.3 is 12.3 Å². The Bertz CT molecular complexity index is 874. The number of aromatic amines is 1. The van der Waals surface area contributed by atoms with Crippen molar-refractivity contribution < 1.29 is 27.4 Å². The summed E-state index contributed by atoms with van der Waals surface area (Å²) in [6, 6.07) is 1.24. The molecule has 29 heavy (non-hydrogen) atoms. The number of nitrogens with zero attached hydrogens (tertiary/aromatic N) is 4. The number of fused-ring (bicyclic) bond motifs is 2. The number of nitrogens with one attached hydrogen (secondary N) is 1. The summed E-state index contributed by atoms with van der Waals surface area (Å²) in [5, 5.41) is 0.696. The third-order valence-corrected chi connectivity index (χ3v) is 5.37. The lowest BCUT2D eigenvalue weighted by Gasteiger charge is -2.39. The van der Waals surface area contributed by atoms with Crippen LogP contribution in [-0.4, -0.2) is 70.2 Å². The minimum absolute atomic E-state index is 0.223. The molecule has 2 aliphatic rings. The monoisotopic (exact) mass is 413 g/mol. The fraction of sp³-hybridized carbons (Fsp3) is 0.611. The van der Waals surface area contributed by atoms with Crippen molar-refractivity contribution in [2.45, 2.75) is 50.7 Å². The van der Waals surface area contributed by atoms with Crippen LogP contribution in [0.4, 0.5) is 23.8 Å². The number of likely N-dealkylation sites (tertiary alicyclic amines) is 1. The molecule has 2 aromatic heterocycles. The number of rotatable bonds is 4. The number of aromatic nitrogens is 3. The van der Waals surface area contributed by atoms with Crippen LogP contribution >= 0.6 is 0 Å². The summed E-state index contributed by atoms with van der Waals surface area (Å²) in [5.41, 5.74) is 0.589. The second-order valence-electron chi connectivity index (χ2n) is 7.13. The van der Waals surface area contributed by atoms with E-state index in [0.717, 1.165) is 0 Å². The number of alkyl halides is 3. The van der Waals surface area contributed by atoms with E-state index in [1.165, 1.54) is 6.33 Å². The summed E-state index contributed by atoms with van der Waals surface area (Å²) in [6.45, 7) is 1.09. The molecule has 4 heterocycles. The second kappa shape index (κ2) is 7.69. The molecule has 0 bridgehead atoms. The molecule has 3 atom stereocenters. The topological polar surface area (TPSA) is 83.6 Å². The van der Waals surface area contributed by atoms with Crippen LogP contribution in [0, 0.1) is 0 Å². The molecule has 0 aliphatic carbocycles. The van der Waals surface area contributed by atoms with Crippen molar-refractivity contribution >= 4 is 22.9 Å². The van der Waals surface area contributed by atoms with Crippen molar-refractivity contribution in [3.8, 4) is 0 Å². The summed E-state index contributed by atoms with van der Waals surface area (Å²) in [7, 11) is 0. The zero-order valence-electron chi connectivity index (χ0n) is 15.9. The number of piperidine rings is 1. The van der Waals surface area contributed by atoms with E-state index in [9.17, 15) is 18.0 Å². The highest BCUT2D eigenvalue weighted by Gasteiger charge is 2.49. The van der Waals surface area contributed by atoms with Gasteiger partial charge in [-0.1, -0.05) is 0 Å². The predicted octanol–water partition coefficient (Wildman–Crippen LogP) is 3.06. The van der Waals surface area contributed by atoms with Crippen LogP contribution in [0.25, 0.3) is 11.0 Å². The maximum Gasteiger partial charge on any atom is 0.411 e. The van der Waals surface area contributed by atoms with Gasteiger partial charge < -0.3 is 24.3 Å². The quantitative estimate of drug-likeness (QED) is 0.830. The molecular formula is C18H22F3N5O3. The van der Waals surface area contributed by atoms with Gasteiger partial charge in [0.1, 0.15) is 30.6 Å². The third-order valence-electron chi connectivity index (χ3n) is 5.37. The van der Waals surface area contributed by atoms with Gasteiger partial charge in [-0.3, -0.25) is 0 Å². The molecule has 1 amide bonds. The molecular weight excluding hydrogens is 391 g/mol. The van der Waals surface area contributed by atoms with Crippen LogP contribution in [0.15, 0.2) is 18.6 Å². The lowest BCUT2D eigenvalue weighted by molar-refractivity contribution is -0.184. The zero-order valence-corrected chi connectivity index (χ0v) is 15.9. The third kappa shape index (κ3) is 3.83. The van der Waals surface area contributed by atoms with E-state index in [0.29, 0.717) is 36.2 Å². The number of ether oxygens (including phenoxy) is 2. The number of anilines is 1. The van der Waals surface area contributed by atoms with E-state index < -0.39 is 25.1 Å². The number of carbonyl (C=O) groups is 1. The molecule has 1 unspecified atom stereocenters. The maximum absolute atomic E-state index is 12.9. The van der Waals surface area contributed by atoms with Crippen molar-refractivity contribution in [1.82, 2.24) is 19.9 Å². The van der Waals surface area contributed by atoms with Crippen molar-refractivity contribution in [3.63, 3.8) is 0 Å². The Hall–Kier alpha value is -2.56. The molecule has 4 rings (SSSR count). The molecule has 2 saturated heterocycles. The average molecular weight is 413 g/mol. The van der Waals surface area contributed by atoms with Crippen molar-refractivity contribution in [2.75, 3.05) is 24.7 Å². The highest BCUT2D eigenvalue weighted by atomic mass is 19.4. The lowest BCUT2D eigenvalue weighted by Crippen LogP contribution is -2.52. The van der Waals surface area contributed by atoms with E-state index in [-0.39, 0.29) is 25.1 Å². The number of carbonyl (C=O) groups excluding carboxylic acids is 1. The minimum Gasteiger partial charge on any atom is -0.450 e. The van der Waals surface area contributed by atoms with Gasteiger partial charge in [-0.2, -0.15) is 13.2 Å². The summed E-state index contributed by atoms with van der Waals surface area (Å²) in [5.74, 6) is 0.502. The van der Waals surface area contributed by atoms with Crippen LogP contribution in [-0.2, 0) is 9.47 Å². The molecule has 8 nitrogen and oxygen atoms in total. The molecule has 0 spiro atoms. The zero-order chi connectivity index (χ0) is 20.6. The largest absolute Gasteiger partial charge is 0.450 e. The van der Waals surface area contributed by atoms with Crippen molar-refractivity contribution in [1.29, 1.82) is 0 Å². The van der Waals surface area contributed by atoms with Gasteiger partial charge in [-0.15, -0.1) is 0 Å². The van der Waals surface area contributed by atoms with E-state index in [1.54, 1.807) is 29.0 Å². The smallest absolute Gasteiger partial charge is 0.411 e. The highest BCUT2D eigenvalue weighted by Crippen LogP contribution is 2.40.